The molecule has 3 saturated heterocycles. The summed E-state index contributed by atoms with van der Waals surface area (Å²) in [6.07, 6.45) is 7.46. The topological polar surface area (TPSA) is 129 Å². The zero-order chi connectivity index (χ0) is 38.0. The number of nitriles is 1. The average molecular weight is 762 g/mol. The van der Waals surface area contributed by atoms with Gasteiger partial charge in [-0.2, -0.15) is 5.26 Å². The lowest BCUT2D eigenvalue weighted by Gasteiger charge is -2.44. The molecule has 53 heavy (non-hydrogen) atoms. The number of nitrogens with one attached hydrogen (secondary N) is 2. The smallest absolute Gasteiger partial charge is 0.249 e. The van der Waals surface area contributed by atoms with Gasteiger partial charge in [0.05, 0.1) is 28.6 Å². The Morgan fingerprint density at radius 1 is 1.02 bits per heavy atom. The molecule has 4 fully saturated rings. The van der Waals surface area contributed by atoms with Gasteiger partial charge in [-0.05, 0) is 121 Å². The highest BCUT2D eigenvalue weighted by atomic mass is 35.5. The summed E-state index contributed by atoms with van der Waals surface area (Å²) in [5, 5.41) is 15.0. The molecule has 4 atom stereocenters. The Morgan fingerprint density at radius 3 is 2.32 bits per heavy atom. The largest absolute Gasteiger partial charge is 0.325 e. The van der Waals surface area contributed by atoms with E-state index in [9.17, 15) is 24.4 Å². The SMILES string of the molecule is C[C@@H]1CN(CCCC2CCC(N3C(S)N(c4ccc(C#N)c(Cl)c4)C(=O)C3(C)C)CC2)C[C@H](C)N1CC(=O)Nc1ccc(C2CCC(=O)NC2=O)cc1. The number of rotatable bonds is 10. The first-order valence-electron chi connectivity index (χ1n) is 19.0. The van der Waals surface area contributed by atoms with Gasteiger partial charge >= 0.3 is 0 Å². The molecule has 6 rings (SSSR count). The fourth-order valence-electron chi connectivity index (χ4n) is 9.02. The van der Waals surface area contributed by atoms with Gasteiger partial charge in [0, 0.05) is 49.0 Å². The van der Waals surface area contributed by atoms with Crippen molar-refractivity contribution in [3.8, 4) is 6.07 Å². The Bertz CT molecular complexity index is 1730. The fraction of sp³-hybridized carbons (Fsp3) is 0.575. The summed E-state index contributed by atoms with van der Waals surface area (Å²) in [4.78, 5) is 59.2. The van der Waals surface area contributed by atoms with Crippen LogP contribution in [0.15, 0.2) is 42.5 Å². The molecule has 2 unspecified atom stereocenters. The maximum atomic E-state index is 13.7. The van der Waals surface area contributed by atoms with Crippen LogP contribution in [-0.4, -0.2) is 93.7 Å². The summed E-state index contributed by atoms with van der Waals surface area (Å²) in [6, 6.07) is 15.3. The molecule has 2 N–H and O–H groups in total. The predicted octanol–water partition coefficient (Wildman–Crippen LogP) is 5.74. The first-order chi connectivity index (χ1) is 25.3. The molecule has 3 aliphatic heterocycles. The van der Waals surface area contributed by atoms with Crippen LogP contribution < -0.4 is 15.5 Å². The van der Waals surface area contributed by atoms with Crippen LogP contribution in [0, 0.1) is 17.2 Å². The minimum Gasteiger partial charge on any atom is -0.325 e. The standard InChI is InChI=1S/C40H52ClN7O4S/c1-25-22-45(23-26(2)46(25)24-36(50)43-30-12-9-28(10-13-30)33-17-18-35(49)44-37(33)51)19-5-6-27-7-14-31(15-8-27)48-39(53)47(38(52)40(48,3)4)32-16-11-29(21-42)34(41)20-32/h9-13,16,20,25-27,31,33,39,53H,5-8,14-15,17-19,22-24H2,1-4H3,(H,43,50)(H,44,49,51)/t25-,26+,27?,31?,33?,39?. The van der Waals surface area contributed by atoms with Crippen molar-refractivity contribution in [3.05, 3.63) is 58.6 Å². The van der Waals surface area contributed by atoms with Gasteiger partial charge in [-0.3, -0.25) is 39.2 Å². The number of imide groups is 1. The van der Waals surface area contributed by atoms with Crippen LogP contribution in [0.4, 0.5) is 11.4 Å². The van der Waals surface area contributed by atoms with Crippen molar-refractivity contribution in [3.63, 3.8) is 0 Å². The molecule has 0 radical (unpaired) electrons. The number of piperazine rings is 1. The molecule has 4 aliphatic rings. The van der Waals surface area contributed by atoms with Gasteiger partial charge in [0.25, 0.3) is 0 Å². The Labute approximate surface area is 323 Å². The summed E-state index contributed by atoms with van der Waals surface area (Å²) < 4.78 is 0. The lowest BCUT2D eigenvalue weighted by atomic mass is 9.81. The minimum absolute atomic E-state index is 0.0112. The number of hydrogen-bond acceptors (Lipinski definition) is 9. The van der Waals surface area contributed by atoms with Crippen LogP contribution in [0.1, 0.15) is 96.1 Å². The Morgan fingerprint density at radius 2 is 1.70 bits per heavy atom. The maximum absolute atomic E-state index is 13.7. The third-order valence-electron chi connectivity index (χ3n) is 11.9. The fourth-order valence-corrected chi connectivity index (χ4v) is 9.95. The predicted molar refractivity (Wildman–Crippen MR) is 210 cm³/mol. The number of carbonyl (C=O) groups excluding carboxylic acids is 4. The molecular weight excluding hydrogens is 710 g/mol. The number of benzene rings is 2. The maximum Gasteiger partial charge on any atom is 0.249 e. The van der Waals surface area contributed by atoms with E-state index in [2.05, 4.69) is 45.3 Å². The van der Waals surface area contributed by atoms with E-state index in [1.807, 2.05) is 38.1 Å². The monoisotopic (exact) mass is 761 g/mol. The van der Waals surface area contributed by atoms with E-state index >= 15 is 0 Å². The molecule has 4 amide bonds. The number of piperidine rings is 1. The van der Waals surface area contributed by atoms with Gasteiger partial charge in [-0.15, -0.1) is 12.6 Å². The highest BCUT2D eigenvalue weighted by Gasteiger charge is 2.54. The van der Waals surface area contributed by atoms with Gasteiger partial charge in [0.2, 0.25) is 23.6 Å². The number of nitrogens with zero attached hydrogens (tertiary/aromatic N) is 5. The van der Waals surface area contributed by atoms with Crippen molar-refractivity contribution in [2.75, 3.05) is 36.4 Å². The molecule has 13 heteroatoms. The molecule has 0 aromatic heterocycles. The van der Waals surface area contributed by atoms with Crippen molar-refractivity contribution in [1.82, 2.24) is 20.0 Å². The van der Waals surface area contributed by atoms with Crippen LogP contribution in [0.2, 0.25) is 5.02 Å². The number of hydrogen-bond donors (Lipinski definition) is 3. The molecule has 1 aliphatic carbocycles. The summed E-state index contributed by atoms with van der Waals surface area (Å²) in [7, 11) is 0. The van der Waals surface area contributed by atoms with Crippen LogP contribution >= 0.6 is 24.2 Å². The second-order valence-electron chi connectivity index (χ2n) is 15.9. The lowest BCUT2D eigenvalue weighted by molar-refractivity contribution is -0.134. The van der Waals surface area contributed by atoms with Gasteiger partial charge < -0.3 is 10.2 Å². The quantitative estimate of drug-likeness (QED) is 0.207. The van der Waals surface area contributed by atoms with Crippen molar-refractivity contribution in [2.45, 2.75) is 114 Å². The molecule has 3 heterocycles. The first-order valence-corrected chi connectivity index (χ1v) is 19.9. The van der Waals surface area contributed by atoms with Gasteiger partial charge in [-0.1, -0.05) is 23.7 Å². The molecule has 1 saturated carbocycles. The second kappa shape index (κ2) is 16.5. The van der Waals surface area contributed by atoms with E-state index in [4.69, 9.17) is 24.2 Å². The van der Waals surface area contributed by atoms with E-state index in [0.29, 0.717) is 47.3 Å². The molecule has 284 valence electrons. The van der Waals surface area contributed by atoms with Crippen LogP contribution in [0.5, 0.6) is 0 Å². The van der Waals surface area contributed by atoms with E-state index in [0.717, 1.165) is 57.3 Å². The number of carbonyl (C=O) groups is 4. The van der Waals surface area contributed by atoms with E-state index in [1.54, 1.807) is 23.1 Å². The third kappa shape index (κ3) is 8.60. The van der Waals surface area contributed by atoms with Gasteiger partial charge in [0.15, 0.2) is 0 Å². The number of halogens is 1. The molecule has 2 aromatic carbocycles. The number of amides is 4. The molecule has 0 bridgehead atoms. The van der Waals surface area contributed by atoms with Gasteiger partial charge in [0.1, 0.15) is 11.6 Å². The van der Waals surface area contributed by atoms with Crippen LogP contribution in [0.25, 0.3) is 0 Å². The first kappa shape index (κ1) is 39.2. The van der Waals surface area contributed by atoms with E-state index < -0.39 is 11.0 Å². The zero-order valence-corrected chi connectivity index (χ0v) is 32.8. The van der Waals surface area contributed by atoms with E-state index in [-0.39, 0.29) is 47.7 Å². The summed E-state index contributed by atoms with van der Waals surface area (Å²) >= 11 is 11.3. The van der Waals surface area contributed by atoms with Gasteiger partial charge in [-0.25, -0.2) is 0 Å². The van der Waals surface area contributed by atoms with Crippen molar-refractivity contribution in [1.29, 1.82) is 5.26 Å². The molecule has 2 aromatic rings. The van der Waals surface area contributed by atoms with Crippen molar-refractivity contribution in [2.24, 2.45) is 5.92 Å². The summed E-state index contributed by atoms with van der Waals surface area (Å²) in [5.74, 6) is -0.244. The van der Waals surface area contributed by atoms with Crippen LogP contribution in [-0.2, 0) is 19.2 Å². The van der Waals surface area contributed by atoms with E-state index in [1.165, 1.54) is 6.42 Å². The molecule has 11 nitrogen and oxygen atoms in total. The third-order valence-corrected chi connectivity index (χ3v) is 12.6. The number of anilines is 2. The van der Waals surface area contributed by atoms with Crippen LogP contribution in [0.3, 0.4) is 0 Å². The van der Waals surface area contributed by atoms with Crippen molar-refractivity contribution < 1.29 is 19.2 Å². The normalized spacial score (nSPS) is 28.5. The zero-order valence-electron chi connectivity index (χ0n) is 31.2. The highest BCUT2D eigenvalue weighted by Crippen LogP contribution is 2.43. The van der Waals surface area contributed by atoms with Crippen molar-refractivity contribution >= 4 is 59.2 Å². The Hall–Kier alpha value is -3.47. The molecular formula is C40H52ClN7O4S. The Kier molecular flexibility index (Phi) is 12.2. The summed E-state index contributed by atoms with van der Waals surface area (Å²) in [6.45, 7) is 11.6. The number of thiol groups is 1. The summed E-state index contributed by atoms with van der Waals surface area (Å²) in [5.41, 5.74) is 1.47. The minimum atomic E-state index is -0.703. The average Bonchev–Trinajstić information content (AvgIpc) is 3.29. The highest BCUT2D eigenvalue weighted by molar-refractivity contribution is 7.81. The Balaban J connectivity index is 0.924. The second-order valence-corrected chi connectivity index (χ2v) is 16.8. The molecule has 0 spiro atoms. The lowest BCUT2D eigenvalue weighted by Crippen LogP contribution is -2.58.